The molecule has 0 saturated carbocycles. The van der Waals surface area contributed by atoms with Crippen LogP contribution in [-0.2, 0) is 9.47 Å². The van der Waals surface area contributed by atoms with Crippen LogP contribution in [0.3, 0.4) is 0 Å². The molecule has 27 heavy (non-hydrogen) atoms. The van der Waals surface area contributed by atoms with E-state index in [0.717, 1.165) is 23.1 Å². The van der Waals surface area contributed by atoms with E-state index in [2.05, 4.69) is 18.8 Å². The highest BCUT2D eigenvalue weighted by Crippen LogP contribution is 2.24. The Kier molecular flexibility index (Phi) is 7.29. The average molecular weight is 387 g/mol. The zero-order chi connectivity index (χ0) is 19.1. The van der Waals surface area contributed by atoms with Crippen molar-refractivity contribution < 1.29 is 13.9 Å². The van der Waals surface area contributed by atoms with Crippen molar-refractivity contribution in [3.8, 4) is 23.0 Å². The van der Waals surface area contributed by atoms with Gasteiger partial charge in [-0.05, 0) is 47.7 Å². The first kappa shape index (κ1) is 19.9. The molecule has 2 nitrogen and oxygen atoms in total. The smallest absolute Gasteiger partial charge is 0.222 e. The van der Waals surface area contributed by atoms with Crippen LogP contribution in [0.25, 0.3) is 11.1 Å². The number of halogens is 2. The Morgan fingerprint density at radius 2 is 1.74 bits per heavy atom. The van der Waals surface area contributed by atoms with Gasteiger partial charge in [0.05, 0.1) is 18.2 Å². The number of hydrogen-bond donors (Lipinski definition) is 0. The van der Waals surface area contributed by atoms with Crippen molar-refractivity contribution in [3.05, 3.63) is 58.9 Å². The number of benzene rings is 2. The highest BCUT2D eigenvalue weighted by molar-refractivity contribution is 6.30. The van der Waals surface area contributed by atoms with E-state index in [4.69, 9.17) is 21.1 Å². The third-order valence-electron chi connectivity index (χ3n) is 4.65. The summed E-state index contributed by atoms with van der Waals surface area (Å²) in [5.41, 5.74) is 2.56. The molecule has 1 fully saturated rings. The second-order valence-corrected chi connectivity index (χ2v) is 7.24. The third kappa shape index (κ3) is 5.81. The lowest BCUT2D eigenvalue weighted by molar-refractivity contribution is -0.170. The molecule has 0 N–H and O–H groups in total. The third-order valence-corrected chi connectivity index (χ3v) is 4.96. The van der Waals surface area contributed by atoms with Crippen molar-refractivity contribution in [2.24, 2.45) is 5.92 Å². The maximum Gasteiger partial charge on any atom is 0.222 e. The molecule has 2 aromatic carbocycles. The van der Waals surface area contributed by atoms with Crippen LogP contribution in [-0.4, -0.2) is 19.5 Å². The second-order valence-electron chi connectivity index (χ2n) is 6.84. The largest absolute Gasteiger partial charge is 0.342 e. The number of hydrogen-bond acceptors (Lipinski definition) is 2. The fourth-order valence-corrected chi connectivity index (χ4v) is 3.16. The SMILES string of the molecule is CCCCCC1COC(C#Cc2ccc(-c3ccc(Cl)c(F)c3)cc2)OC1. The van der Waals surface area contributed by atoms with Crippen LogP contribution >= 0.6 is 11.6 Å². The first-order valence-electron chi connectivity index (χ1n) is 9.46. The van der Waals surface area contributed by atoms with E-state index in [1.165, 1.54) is 25.3 Å². The monoisotopic (exact) mass is 386 g/mol. The molecule has 0 aliphatic carbocycles. The molecule has 1 aliphatic heterocycles. The van der Waals surface area contributed by atoms with Gasteiger partial charge in [0.25, 0.3) is 0 Å². The van der Waals surface area contributed by atoms with Crippen LogP contribution in [0.15, 0.2) is 42.5 Å². The molecule has 0 bridgehead atoms. The van der Waals surface area contributed by atoms with Crippen molar-refractivity contribution in [1.29, 1.82) is 0 Å². The molecule has 2 aromatic rings. The van der Waals surface area contributed by atoms with Crippen LogP contribution in [0, 0.1) is 23.6 Å². The molecule has 1 saturated heterocycles. The topological polar surface area (TPSA) is 18.5 Å². The molecule has 0 aromatic heterocycles. The standard InChI is InChI=1S/C23H24ClFO2/c1-2-3-4-5-18-15-26-23(27-16-18)13-8-17-6-9-19(10-7-17)20-11-12-21(24)22(25)14-20/h6-7,9-12,14,18,23H,2-5,15-16H2,1H3. The predicted octanol–water partition coefficient (Wildman–Crippen LogP) is 6.07. The van der Waals surface area contributed by atoms with E-state index in [9.17, 15) is 4.39 Å². The Morgan fingerprint density at radius 1 is 1.04 bits per heavy atom. The lowest BCUT2D eigenvalue weighted by Gasteiger charge is -2.26. The summed E-state index contributed by atoms with van der Waals surface area (Å²) in [6, 6.07) is 12.4. The summed E-state index contributed by atoms with van der Waals surface area (Å²) in [5, 5.41) is 0.126. The molecule has 0 atom stereocenters. The summed E-state index contributed by atoms with van der Waals surface area (Å²) in [4.78, 5) is 0. The molecule has 1 aliphatic rings. The Balaban J connectivity index is 1.54. The molecular formula is C23H24ClFO2. The Bertz CT molecular complexity index is 799. The van der Waals surface area contributed by atoms with Crippen LogP contribution in [0.5, 0.6) is 0 Å². The summed E-state index contributed by atoms with van der Waals surface area (Å²) in [5.74, 6) is 6.18. The predicted molar refractivity (Wildman–Crippen MR) is 107 cm³/mol. The summed E-state index contributed by atoms with van der Waals surface area (Å²) in [6.45, 7) is 3.63. The van der Waals surface area contributed by atoms with Gasteiger partial charge in [0.15, 0.2) is 0 Å². The molecule has 0 amide bonds. The van der Waals surface area contributed by atoms with E-state index in [1.807, 2.05) is 24.3 Å². The zero-order valence-electron chi connectivity index (χ0n) is 15.5. The quantitative estimate of drug-likeness (QED) is 0.458. The van der Waals surface area contributed by atoms with Crippen molar-refractivity contribution in [2.45, 2.75) is 38.9 Å². The number of unbranched alkanes of at least 4 members (excludes halogenated alkanes) is 2. The van der Waals surface area contributed by atoms with Crippen molar-refractivity contribution >= 4 is 11.6 Å². The Labute approximate surface area is 165 Å². The van der Waals surface area contributed by atoms with Gasteiger partial charge in [-0.25, -0.2) is 4.39 Å². The van der Waals surface area contributed by atoms with Gasteiger partial charge in [0.1, 0.15) is 5.82 Å². The van der Waals surface area contributed by atoms with Crippen molar-refractivity contribution in [2.75, 3.05) is 13.2 Å². The van der Waals surface area contributed by atoms with Crippen LogP contribution < -0.4 is 0 Å². The van der Waals surface area contributed by atoms with E-state index in [1.54, 1.807) is 12.1 Å². The van der Waals surface area contributed by atoms with Crippen molar-refractivity contribution in [3.63, 3.8) is 0 Å². The molecule has 142 valence electrons. The number of ether oxygens (including phenoxy) is 2. The summed E-state index contributed by atoms with van der Waals surface area (Å²) in [6.07, 6.45) is 4.42. The second kappa shape index (κ2) is 9.90. The highest BCUT2D eigenvalue weighted by Gasteiger charge is 2.20. The summed E-state index contributed by atoms with van der Waals surface area (Å²) >= 11 is 5.73. The van der Waals surface area contributed by atoms with Crippen molar-refractivity contribution in [1.82, 2.24) is 0 Å². The normalized spacial score (nSPS) is 19.4. The number of rotatable bonds is 5. The van der Waals surface area contributed by atoms with Gasteiger partial charge in [-0.1, -0.05) is 61.9 Å². The van der Waals surface area contributed by atoms with Gasteiger partial charge in [0.2, 0.25) is 6.29 Å². The van der Waals surface area contributed by atoms with E-state index >= 15 is 0 Å². The fraction of sp³-hybridized carbons (Fsp3) is 0.391. The maximum atomic E-state index is 13.6. The van der Waals surface area contributed by atoms with Gasteiger partial charge < -0.3 is 9.47 Å². The van der Waals surface area contributed by atoms with E-state index < -0.39 is 12.1 Å². The zero-order valence-corrected chi connectivity index (χ0v) is 16.3. The van der Waals surface area contributed by atoms with E-state index in [0.29, 0.717) is 19.1 Å². The van der Waals surface area contributed by atoms with Gasteiger partial charge >= 0.3 is 0 Å². The lowest BCUT2D eigenvalue weighted by Crippen LogP contribution is -2.31. The van der Waals surface area contributed by atoms with Gasteiger partial charge in [-0.2, -0.15) is 0 Å². The summed E-state index contributed by atoms with van der Waals surface area (Å²) in [7, 11) is 0. The molecule has 0 spiro atoms. The molecule has 0 unspecified atom stereocenters. The molecule has 0 radical (unpaired) electrons. The van der Waals surface area contributed by atoms with Gasteiger partial charge in [0, 0.05) is 11.5 Å². The van der Waals surface area contributed by atoms with Gasteiger partial charge in [-0.3, -0.25) is 0 Å². The highest BCUT2D eigenvalue weighted by atomic mass is 35.5. The van der Waals surface area contributed by atoms with Crippen LogP contribution in [0.2, 0.25) is 5.02 Å². The fourth-order valence-electron chi connectivity index (χ4n) is 3.04. The molecular weight excluding hydrogens is 363 g/mol. The minimum absolute atomic E-state index is 0.126. The minimum atomic E-state index is -0.461. The Morgan fingerprint density at radius 3 is 2.41 bits per heavy atom. The lowest BCUT2D eigenvalue weighted by atomic mass is 10.0. The molecule has 1 heterocycles. The average Bonchev–Trinajstić information content (AvgIpc) is 2.70. The van der Waals surface area contributed by atoms with Crippen LogP contribution in [0.4, 0.5) is 4.39 Å². The first-order valence-corrected chi connectivity index (χ1v) is 9.83. The van der Waals surface area contributed by atoms with Crippen LogP contribution in [0.1, 0.15) is 38.2 Å². The molecule has 3 rings (SSSR count). The van der Waals surface area contributed by atoms with E-state index in [-0.39, 0.29) is 5.02 Å². The van der Waals surface area contributed by atoms with Gasteiger partial charge in [-0.15, -0.1) is 0 Å². The summed E-state index contributed by atoms with van der Waals surface area (Å²) < 4.78 is 25.0. The molecule has 4 heteroatoms. The Hall–Kier alpha value is -1.86. The maximum absolute atomic E-state index is 13.6. The first-order chi connectivity index (χ1) is 13.2. The minimum Gasteiger partial charge on any atom is -0.342 e.